The average Bonchev–Trinajstić information content (AvgIpc) is 3.31. The van der Waals surface area contributed by atoms with E-state index in [4.69, 9.17) is 0 Å². The molecule has 1 aliphatic carbocycles. The summed E-state index contributed by atoms with van der Waals surface area (Å²) in [5, 5.41) is 8.02. The molecule has 0 saturated carbocycles. The van der Waals surface area contributed by atoms with Gasteiger partial charge in [0.05, 0.1) is 0 Å². The Bertz CT molecular complexity index is 2100. The second-order valence-electron chi connectivity index (χ2n) is 12.2. The van der Waals surface area contributed by atoms with Crippen LogP contribution in [0.1, 0.15) is 26.3 Å². The van der Waals surface area contributed by atoms with Crippen LogP contribution in [-0.2, 0) is 5.41 Å². The van der Waals surface area contributed by atoms with Gasteiger partial charge in [0.1, 0.15) is 0 Å². The maximum atomic E-state index is 2.45. The zero-order chi connectivity index (χ0) is 27.0. The molecule has 0 heteroatoms. The molecule has 0 saturated heterocycles. The summed E-state index contributed by atoms with van der Waals surface area (Å²) in [7, 11) is 0. The van der Waals surface area contributed by atoms with Gasteiger partial charge in [0.2, 0.25) is 0 Å². The fourth-order valence-electron chi connectivity index (χ4n) is 6.68. The number of benzene rings is 7. The van der Waals surface area contributed by atoms with Gasteiger partial charge >= 0.3 is 0 Å². The van der Waals surface area contributed by atoms with Gasteiger partial charge < -0.3 is 0 Å². The van der Waals surface area contributed by atoms with Crippen molar-refractivity contribution in [3.63, 3.8) is 0 Å². The van der Waals surface area contributed by atoms with E-state index in [1.165, 1.54) is 82.4 Å². The summed E-state index contributed by atoms with van der Waals surface area (Å²) >= 11 is 0. The molecule has 0 amide bonds. The smallest absolute Gasteiger partial charge is 0.00199 e. The minimum absolute atomic E-state index is 0.0723. The lowest BCUT2D eigenvalue weighted by molar-refractivity contribution is 0.591. The first-order valence-electron chi connectivity index (χ1n) is 14.2. The van der Waals surface area contributed by atoms with E-state index in [1.54, 1.807) is 0 Å². The largest absolute Gasteiger partial charge is 0.0622 e. The number of hydrogen-bond donors (Lipinski definition) is 0. The van der Waals surface area contributed by atoms with Gasteiger partial charge in [-0.25, -0.2) is 0 Å². The van der Waals surface area contributed by atoms with E-state index < -0.39 is 0 Å². The van der Waals surface area contributed by atoms with Crippen molar-refractivity contribution in [1.82, 2.24) is 0 Å². The lowest BCUT2D eigenvalue weighted by Crippen LogP contribution is -2.10. The molecule has 7 aromatic carbocycles. The molecule has 0 radical (unpaired) electrons. The van der Waals surface area contributed by atoms with Crippen LogP contribution >= 0.6 is 0 Å². The average molecular weight is 511 g/mol. The first kappa shape index (κ1) is 23.2. The van der Waals surface area contributed by atoms with Gasteiger partial charge in [-0.1, -0.05) is 130 Å². The van der Waals surface area contributed by atoms with Crippen molar-refractivity contribution in [3.8, 4) is 44.5 Å². The van der Waals surface area contributed by atoms with Gasteiger partial charge in [0.25, 0.3) is 0 Å². The molecule has 0 atom stereocenters. The lowest BCUT2D eigenvalue weighted by atomic mass is 9.83. The summed E-state index contributed by atoms with van der Waals surface area (Å²) in [6.45, 7) is 6.91. The zero-order valence-corrected chi connectivity index (χ0v) is 23.1. The van der Waals surface area contributed by atoms with Crippen molar-refractivity contribution in [3.05, 3.63) is 133 Å². The third-order valence-corrected chi connectivity index (χ3v) is 8.77. The number of fused-ring (bicyclic) bond motifs is 7. The summed E-state index contributed by atoms with van der Waals surface area (Å²) < 4.78 is 0. The van der Waals surface area contributed by atoms with Gasteiger partial charge in [-0.05, 0) is 106 Å². The van der Waals surface area contributed by atoms with E-state index in [9.17, 15) is 0 Å². The molecule has 1 aliphatic rings. The van der Waals surface area contributed by atoms with Crippen molar-refractivity contribution in [2.24, 2.45) is 0 Å². The summed E-state index contributed by atoms with van der Waals surface area (Å²) in [6, 6.07) is 47.5. The predicted molar refractivity (Wildman–Crippen MR) is 173 cm³/mol. The fourth-order valence-corrected chi connectivity index (χ4v) is 6.68. The molecule has 7 aromatic rings. The minimum Gasteiger partial charge on any atom is -0.0622 e. The molecule has 8 rings (SSSR count). The highest BCUT2D eigenvalue weighted by atomic mass is 14.3. The van der Waals surface area contributed by atoms with E-state index in [0.717, 1.165) is 0 Å². The Morgan fingerprint density at radius 1 is 0.350 bits per heavy atom. The highest BCUT2D eigenvalue weighted by Crippen LogP contribution is 2.51. The van der Waals surface area contributed by atoms with Crippen LogP contribution in [0.5, 0.6) is 0 Å². The third-order valence-electron chi connectivity index (χ3n) is 8.77. The minimum atomic E-state index is 0.0723. The molecule has 0 aliphatic heterocycles. The molecule has 0 spiro atoms. The van der Waals surface area contributed by atoms with Crippen LogP contribution in [0.3, 0.4) is 0 Å². The Balaban J connectivity index is 1.46. The van der Waals surface area contributed by atoms with Crippen LogP contribution in [0.25, 0.3) is 76.8 Å². The fraction of sp³-hybridized carbons (Fsp3) is 0.100. The SMILES string of the molecule is CC(C)(C)c1ccc2c(c1)c(-c1ccc(-c3ccccc3)cc1)cc1c3cccc4c3c(cc21)-c1ccccc1-4. The second kappa shape index (κ2) is 8.41. The normalized spacial score (nSPS) is 12.4. The summed E-state index contributed by atoms with van der Waals surface area (Å²) in [5.74, 6) is 0. The van der Waals surface area contributed by atoms with E-state index >= 15 is 0 Å². The van der Waals surface area contributed by atoms with Crippen LogP contribution in [0.2, 0.25) is 0 Å². The van der Waals surface area contributed by atoms with E-state index in [1.807, 2.05) is 0 Å². The van der Waals surface area contributed by atoms with Crippen molar-refractivity contribution >= 4 is 32.3 Å². The van der Waals surface area contributed by atoms with Crippen molar-refractivity contribution in [1.29, 1.82) is 0 Å². The first-order chi connectivity index (χ1) is 19.5. The molecule has 40 heavy (non-hydrogen) atoms. The first-order valence-corrected chi connectivity index (χ1v) is 14.2. The Labute approximate surface area is 235 Å². The standard InChI is InChI=1S/C40H30/c1-40(2,3)28-20-21-31-35(22-28)34(27-18-16-26(17-19-27)25-10-5-4-6-11-25)23-37-33-15-9-14-32-29-12-7-8-13-30(29)38(39(32)33)24-36(31)37/h4-24H,1-3H3. The van der Waals surface area contributed by atoms with Crippen molar-refractivity contribution in [2.45, 2.75) is 26.2 Å². The van der Waals surface area contributed by atoms with Crippen LogP contribution in [0.15, 0.2) is 127 Å². The Kier molecular flexibility index (Phi) is 4.88. The van der Waals surface area contributed by atoms with Gasteiger partial charge in [0, 0.05) is 0 Å². The molecular weight excluding hydrogens is 480 g/mol. The van der Waals surface area contributed by atoms with Gasteiger partial charge in [-0.2, -0.15) is 0 Å². The van der Waals surface area contributed by atoms with E-state index in [-0.39, 0.29) is 5.41 Å². The van der Waals surface area contributed by atoms with Gasteiger partial charge in [0.15, 0.2) is 0 Å². The Hall–Kier alpha value is -4.68. The van der Waals surface area contributed by atoms with Crippen LogP contribution in [0, 0.1) is 0 Å². The van der Waals surface area contributed by atoms with Crippen LogP contribution < -0.4 is 0 Å². The summed E-state index contributed by atoms with van der Waals surface area (Å²) in [6.07, 6.45) is 0. The topological polar surface area (TPSA) is 0 Å². The van der Waals surface area contributed by atoms with Gasteiger partial charge in [-0.3, -0.25) is 0 Å². The molecule has 0 heterocycles. The highest BCUT2D eigenvalue weighted by Gasteiger charge is 2.24. The Morgan fingerprint density at radius 3 is 1.70 bits per heavy atom. The van der Waals surface area contributed by atoms with Gasteiger partial charge in [-0.15, -0.1) is 0 Å². The summed E-state index contributed by atoms with van der Waals surface area (Å²) in [4.78, 5) is 0. The highest BCUT2D eigenvalue weighted by molar-refractivity contribution is 6.28. The van der Waals surface area contributed by atoms with Crippen molar-refractivity contribution in [2.75, 3.05) is 0 Å². The molecule has 0 aromatic heterocycles. The molecule has 0 nitrogen and oxygen atoms in total. The molecular formula is C40H30. The third kappa shape index (κ3) is 3.39. The monoisotopic (exact) mass is 510 g/mol. The second-order valence-corrected chi connectivity index (χ2v) is 12.2. The molecule has 0 N–H and O–H groups in total. The molecule has 0 bridgehead atoms. The maximum Gasteiger partial charge on any atom is -0.00199 e. The number of rotatable bonds is 2. The van der Waals surface area contributed by atoms with Crippen LogP contribution in [0.4, 0.5) is 0 Å². The molecule has 190 valence electrons. The molecule has 0 fully saturated rings. The quantitative estimate of drug-likeness (QED) is 0.203. The Morgan fingerprint density at radius 2 is 0.950 bits per heavy atom. The van der Waals surface area contributed by atoms with E-state index in [0.29, 0.717) is 0 Å². The van der Waals surface area contributed by atoms with E-state index in [2.05, 4.69) is 148 Å². The van der Waals surface area contributed by atoms with Crippen LogP contribution in [-0.4, -0.2) is 0 Å². The summed E-state index contributed by atoms with van der Waals surface area (Å²) in [5.41, 5.74) is 11.9. The number of hydrogen-bond acceptors (Lipinski definition) is 0. The zero-order valence-electron chi connectivity index (χ0n) is 23.1. The van der Waals surface area contributed by atoms with Crippen molar-refractivity contribution < 1.29 is 0 Å². The lowest BCUT2D eigenvalue weighted by Gasteiger charge is -2.21. The maximum absolute atomic E-state index is 2.45. The predicted octanol–water partition coefficient (Wildman–Crippen LogP) is 11.4. The molecule has 0 unspecified atom stereocenters.